The van der Waals surface area contributed by atoms with Crippen molar-refractivity contribution in [3.05, 3.63) is 29.0 Å². The summed E-state index contributed by atoms with van der Waals surface area (Å²) in [6.45, 7) is 3.93. The quantitative estimate of drug-likeness (QED) is 0.763. The van der Waals surface area contributed by atoms with Crippen LogP contribution in [0, 0.1) is 0 Å². The SMILES string of the molecule is C=CCNC(=O)c1[nH]ncc1Br. The molecule has 0 spiro atoms. The minimum atomic E-state index is -0.195. The van der Waals surface area contributed by atoms with Crippen LogP contribution in [0.15, 0.2) is 23.3 Å². The van der Waals surface area contributed by atoms with E-state index in [1.165, 1.54) is 6.20 Å². The molecule has 1 heterocycles. The van der Waals surface area contributed by atoms with Gasteiger partial charge in [-0.3, -0.25) is 9.89 Å². The summed E-state index contributed by atoms with van der Waals surface area (Å²) < 4.78 is 0.657. The molecular weight excluding hydrogens is 222 g/mol. The number of hydrogen-bond acceptors (Lipinski definition) is 2. The second-order valence-corrected chi connectivity index (χ2v) is 2.95. The zero-order chi connectivity index (χ0) is 8.97. The largest absolute Gasteiger partial charge is 0.347 e. The van der Waals surface area contributed by atoms with Gasteiger partial charge in [-0.15, -0.1) is 6.58 Å². The highest BCUT2D eigenvalue weighted by Gasteiger charge is 2.09. The molecule has 0 atom stereocenters. The number of nitrogens with one attached hydrogen (secondary N) is 2. The maximum Gasteiger partial charge on any atom is 0.270 e. The molecule has 2 N–H and O–H groups in total. The van der Waals surface area contributed by atoms with Crippen molar-refractivity contribution in [2.45, 2.75) is 0 Å². The van der Waals surface area contributed by atoms with E-state index >= 15 is 0 Å². The molecule has 64 valence electrons. The van der Waals surface area contributed by atoms with Crippen LogP contribution < -0.4 is 5.32 Å². The van der Waals surface area contributed by atoms with E-state index in [-0.39, 0.29) is 5.91 Å². The average Bonchev–Trinajstić information content (AvgIpc) is 2.47. The Bertz CT molecular complexity index is 295. The highest BCUT2D eigenvalue weighted by molar-refractivity contribution is 9.10. The van der Waals surface area contributed by atoms with Crippen molar-refractivity contribution in [2.24, 2.45) is 0 Å². The lowest BCUT2D eigenvalue weighted by Crippen LogP contribution is -2.23. The fourth-order valence-corrected chi connectivity index (χ4v) is 1.06. The molecule has 4 nitrogen and oxygen atoms in total. The van der Waals surface area contributed by atoms with E-state index in [0.29, 0.717) is 16.7 Å². The molecule has 0 radical (unpaired) electrons. The van der Waals surface area contributed by atoms with Crippen molar-refractivity contribution < 1.29 is 4.79 Å². The van der Waals surface area contributed by atoms with Gasteiger partial charge in [-0.1, -0.05) is 6.08 Å². The van der Waals surface area contributed by atoms with Crippen LogP contribution in [0.25, 0.3) is 0 Å². The molecule has 12 heavy (non-hydrogen) atoms. The number of carbonyl (C=O) groups is 1. The predicted molar refractivity (Wildman–Crippen MR) is 48.8 cm³/mol. The van der Waals surface area contributed by atoms with Crippen molar-refractivity contribution >= 4 is 21.8 Å². The van der Waals surface area contributed by atoms with Crippen molar-refractivity contribution in [2.75, 3.05) is 6.54 Å². The summed E-state index contributed by atoms with van der Waals surface area (Å²) in [5.41, 5.74) is 0.428. The first-order valence-corrected chi connectivity index (χ1v) is 4.13. The number of carbonyl (C=O) groups excluding carboxylic acids is 1. The summed E-state index contributed by atoms with van der Waals surface area (Å²) in [6, 6.07) is 0. The first-order valence-electron chi connectivity index (χ1n) is 3.33. The predicted octanol–water partition coefficient (Wildman–Crippen LogP) is 1.09. The standard InChI is InChI=1S/C7H8BrN3O/c1-2-3-9-7(12)6-5(8)4-10-11-6/h2,4H,1,3H2,(H,9,12)(H,10,11). The van der Waals surface area contributed by atoms with Crippen LogP contribution in [0.2, 0.25) is 0 Å². The third kappa shape index (κ3) is 1.94. The van der Waals surface area contributed by atoms with Crippen LogP contribution in [0.3, 0.4) is 0 Å². The number of amides is 1. The Morgan fingerprint density at radius 1 is 1.92 bits per heavy atom. The van der Waals surface area contributed by atoms with Gasteiger partial charge in [0, 0.05) is 6.54 Å². The zero-order valence-corrected chi connectivity index (χ0v) is 7.89. The minimum absolute atomic E-state index is 0.195. The third-order valence-corrected chi connectivity index (χ3v) is 1.83. The van der Waals surface area contributed by atoms with Gasteiger partial charge >= 0.3 is 0 Å². The van der Waals surface area contributed by atoms with Gasteiger partial charge in [0.05, 0.1) is 10.7 Å². The summed E-state index contributed by atoms with van der Waals surface area (Å²) in [5.74, 6) is -0.195. The Morgan fingerprint density at radius 3 is 3.17 bits per heavy atom. The van der Waals surface area contributed by atoms with E-state index in [9.17, 15) is 4.79 Å². The molecular formula is C7H8BrN3O. The second kappa shape index (κ2) is 4.06. The number of hydrogen-bond donors (Lipinski definition) is 2. The highest BCUT2D eigenvalue weighted by atomic mass is 79.9. The van der Waals surface area contributed by atoms with E-state index in [1.807, 2.05) is 0 Å². The molecule has 0 aliphatic rings. The van der Waals surface area contributed by atoms with Gasteiger partial charge in [0.15, 0.2) is 0 Å². The molecule has 0 saturated heterocycles. The lowest BCUT2D eigenvalue weighted by Gasteiger charge is -1.98. The topological polar surface area (TPSA) is 57.8 Å². The van der Waals surface area contributed by atoms with E-state index in [1.54, 1.807) is 6.08 Å². The number of aromatic amines is 1. The van der Waals surface area contributed by atoms with Gasteiger partial charge in [0.25, 0.3) is 5.91 Å². The van der Waals surface area contributed by atoms with Crippen molar-refractivity contribution in [3.63, 3.8) is 0 Å². The smallest absolute Gasteiger partial charge is 0.270 e. The summed E-state index contributed by atoms with van der Waals surface area (Å²) in [4.78, 5) is 11.2. The average molecular weight is 230 g/mol. The molecule has 0 aliphatic carbocycles. The Labute approximate surface area is 78.2 Å². The molecule has 0 bridgehead atoms. The lowest BCUT2D eigenvalue weighted by atomic mass is 10.4. The molecule has 0 aromatic carbocycles. The third-order valence-electron chi connectivity index (χ3n) is 1.23. The Morgan fingerprint density at radius 2 is 2.67 bits per heavy atom. The van der Waals surface area contributed by atoms with Crippen LogP contribution >= 0.6 is 15.9 Å². The van der Waals surface area contributed by atoms with Crippen LogP contribution in [0.4, 0.5) is 0 Å². The summed E-state index contributed by atoms with van der Waals surface area (Å²) >= 11 is 3.18. The molecule has 1 amide bonds. The molecule has 0 unspecified atom stereocenters. The zero-order valence-electron chi connectivity index (χ0n) is 6.30. The van der Waals surface area contributed by atoms with Crippen molar-refractivity contribution in [1.82, 2.24) is 15.5 Å². The lowest BCUT2D eigenvalue weighted by molar-refractivity contribution is 0.0952. The van der Waals surface area contributed by atoms with Gasteiger partial charge in [-0.05, 0) is 15.9 Å². The molecule has 0 fully saturated rings. The summed E-state index contributed by atoms with van der Waals surface area (Å²) in [5, 5.41) is 8.88. The Balaban J connectivity index is 2.65. The number of nitrogens with zero attached hydrogens (tertiary/aromatic N) is 1. The monoisotopic (exact) mass is 229 g/mol. The van der Waals surface area contributed by atoms with E-state index in [4.69, 9.17) is 0 Å². The van der Waals surface area contributed by atoms with E-state index in [2.05, 4.69) is 38.0 Å². The normalized spacial score (nSPS) is 9.42. The minimum Gasteiger partial charge on any atom is -0.347 e. The van der Waals surface area contributed by atoms with Gasteiger partial charge in [0.1, 0.15) is 5.69 Å². The van der Waals surface area contributed by atoms with Crippen LogP contribution in [-0.2, 0) is 0 Å². The molecule has 1 aromatic rings. The van der Waals surface area contributed by atoms with Crippen molar-refractivity contribution in [1.29, 1.82) is 0 Å². The number of rotatable bonds is 3. The maximum atomic E-state index is 11.2. The Kier molecular flexibility index (Phi) is 3.04. The summed E-state index contributed by atoms with van der Waals surface area (Å²) in [7, 11) is 0. The van der Waals surface area contributed by atoms with Crippen LogP contribution in [-0.4, -0.2) is 22.6 Å². The van der Waals surface area contributed by atoms with Crippen LogP contribution in [0.5, 0.6) is 0 Å². The summed E-state index contributed by atoms with van der Waals surface area (Å²) in [6.07, 6.45) is 3.14. The maximum absolute atomic E-state index is 11.2. The van der Waals surface area contributed by atoms with Gasteiger partial charge in [-0.2, -0.15) is 5.10 Å². The fourth-order valence-electron chi connectivity index (χ4n) is 0.684. The number of H-pyrrole nitrogens is 1. The van der Waals surface area contributed by atoms with Gasteiger partial charge in [0.2, 0.25) is 0 Å². The van der Waals surface area contributed by atoms with Crippen LogP contribution in [0.1, 0.15) is 10.5 Å². The van der Waals surface area contributed by atoms with Gasteiger partial charge < -0.3 is 5.32 Å². The molecule has 0 aliphatic heterocycles. The fraction of sp³-hybridized carbons (Fsp3) is 0.143. The van der Waals surface area contributed by atoms with E-state index in [0.717, 1.165) is 0 Å². The Hall–Kier alpha value is -1.10. The van der Waals surface area contributed by atoms with E-state index < -0.39 is 0 Å². The highest BCUT2D eigenvalue weighted by Crippen LogP contribution is 2.11. The first kappa shape index (κ1) is 8.99. The first-order chi connectivity index (χ1) is 5.75. The molecule has 1 aromatic heterocycles. The second-order valence-electron chi connectivity index (χ2n) is 2.09. The van der Waals surface area contributed by atoms with Crippen molar-refractivity contribution in [3.8, 4) is 0 Å². The molecule has 0 saturated carbocycles. The molecule has 1 rings (SSSR count). The number of aromatic nitrogens is 2. The molecule has 5 heteroatoms. The number of halogens is 1. The van der Waals surface area contributed by atoms with Gasteiger partial charge in [-0.25, -0.2) is 0 Å².